The molecule has 7 nitrogen and oxygen atoms in total. The van der Waals surface area contributed by atoms with Crippen molar-refractivity contribution >= 4 is 21.7 Å². The minimum absolute atomic E-state index is 0.496. The van der Waals surface area contributed by atoms with Crippen LogP contribution in [0.2, 0.25) is 0 Å². The molecule has 2 amide bonds. The number of anilines is 1. The standard InChI is InChI=1S/C22H32N4O3S/c1-25-13-17(14-25)26-10-8-18(9-11-26)30(28,29)24-22(27)23-21-19-6-2-4-15(19)12-16-5-3-7-20(16)21/h12,17-18H,2-11,13-14H2,1H3,(H2,23,24,27). The quantitative estimate of drug-likeness (QED) is 0.759. The van der Waals surface area contributed by atoms with E-state index >= 15 is 0 Å². The zero-order chi connectivity index (χ0) is 20.9. The lowest BCUT2D eigenvalue weighted by Crippen LogP contribution is -2.60. The van der Waals surface area contributed by atoms with Crippen molar-refractivity contribution in [1.29, 1.82) is 0 Å². The molecule has 8 heteroatoms. The second-order valence-corrected chi connectivity index (χ2v) is 11.4. The molecule has 0 atom stereocenters. The Hall–Kier alpha value is -1.64. The van der Waals surface area contributed by atoms with E-state index in [2.05, 4.69) is 33.0 Å². The second kappa shape index (κ2) is 7.80. The summed E-state index contributed by atoms with van der Waals surface area (Å²) >= 11 is 0. The van der Waals surface area contributed by atoms with E-state index in [-0.39, 0.29) is 0 Å². The summed E-state index contributed by atoms with van der Waals surface area (Å²) in [5.41, 5.74) is 5.95. The van der Waals surface area contributed by atoms with Crippen LogP contribution in [-0.2, 0) is 35.7 Å². The molecule has 2 fully saturated rings. The third kappa shape index (κ3) is 3.74. The van der Waals surface area contributed by atoms with E-state index in [1.165, 1.54) is 22.3 Å². The number of benzene rings is 1. The number of hydrogen-bond donors (Lipinski definition) is 2. The van der Waals surface area contributed by atoms with Gasteiger partial charge in [-0.1, -0.05) is 6.07 Å². The number of carbonyl (C=O) groups is 1. The summed E-state index contributed by atoms with van der Waals surface area (Å²) in [4.78, 5) is 17.4. The first kappa shape index (κ1) is 20.3. The summed E-state index contributed by atoms with van der Waals surface area (Å²) in [6.45, 7) is 3.68. The van der Waals surface area contributed by atoms with Crippen LogP contribution in [0.15, 0.2) is 6.07 Å². The van der Waals surface area contributed by atoms with E-state index in [9.17, 15) is 13.2 Å². The smallest absolute Gasteiger partial charge is 0.307 e. The predicted molar refractivity (Wildman–Crippen MR) is 117 cm³/mol. The topological polar surface area (TPSA) is 81.8 Å². The molecule has 0 aromatic heterocycles. The number of nitrogens with one attached hydrogen (secondary N) is 2. The van der Waals surface area contributed by atoms with Crippen LogP contribution < -0.4 is 10.0 Å². The second-order valence-electron chi connectivity index (χ2n) is 9.45. The highest BCUT2D eigenvalue weighted by molar-refractivity contribution is 7.90. The minimum atomic E-state index is -3.68. The van der Waals surface area contributed by atoms with Crippen LogP contribution in [-0.4, -0.2) is 68.8 Å². The van der Waals surface area contributed by atoms with Crippen molar-refractivity contribution in [2.24, 2.45) is 0 Å². The van der Waals surface area contributed by atoms with Crippen LogP contribution in [0.3, 0.4) is 0 Å². The minimum Gasteiger partial charge on any atom is -0.307 e. The van der Waals surface area contributed by atoms with Gasteiger partial charge in [0.2, 0.25) is 10.0 Å². The van der Waals surface area contributed by atoms with E-state index in [1.54, 1.807) is 0 Å². The highest BCUT2D eigenvalue weighted by Crippen LogP contribution is 2.38. The zero-order valence-corrected chi connectivity index (χ0v) is 18.6. The number of nitrogens with zero attached hydrogens (tertiary/aromatic N) is 2. The average molecular weight is 433 g/mol. The number of likely N-dealkylation sites (tertiary alicyclic amines) is 2. The van der Waals surface area contributed by atoms with Gasteiger partial charge in [0.15, 0.2) is 0 Å². The Bertz CT molecular complexity index is 915. The predicted octanol–water partition coefficient (Wildman–Crippen LogP) is 1.89. The van der Waals surface area contributed by atoms with Crippen LogP contribution in [0.4, 0.5) is 10.5 Å². The van der Waals surface area contributed by atoms with E-state index in [0.717, 1.165) is 70.4 Å². The Kier molecular flexibility index (Phi) is 5.27. The Balaban J connectivity index is 1.23. The van der Waals surface area contributed by atoms with Gasteiger partial charge in [0, 0.05) is 24.8 Å². The molecule has 5 rings (SSSR count). The monoisotopic (exact) mass is 432 g/mol. The van der Waals surface area contributed by atoms with Crippen LogP contribution in [0.5, 0.6) is 0 Å². The van der Waals surface area contributed by atoms with E-state index < -0.39 is 21.3 Å². The molecule has 0 radical (unpaired) electrons. The molecule has 4 aliphatic rings. The first-order valence-corrected chi connectivity index (χ1v) is 12.9. The van der Waals surface area contributed by atoms with Crippen LogP contribution in [0.25, 0.3) is 0 Å². The molecule has 2 aliphatic heterocycles. The molecular weight excluding hydrogens is 400 g/mol. The van der Waals surface area contributed by atoms with Crippen LogP contribution >= 0.6 is 0 Å². The number of piperidine rings is 1. The maximum absolute atomic E-state index is 12.9. The molecule has 0 bridgehead atoms. The molecule has 0 spiro atoms. The number of fused-ring (bicyclic) bond motifs is 2. The molecule has 1 aromatic rings. The average Bonchev–Trinajstić information content (AvgIpc) is 3.34. The molecular formula is C22H32N4O3S. The number of rotatable bonds is 4. The lowest BCUT2D eigenvalue weighted by atomic mass is 9.99. The zero-order valence-electron chi connectivity index (χ0n) is 17.7. The maximum Gasteiger partial charge on any atom is 0.332 e. The molecule has 30 heavy (non-hydrogen) atoms. The first-order chi connectivity index (χ1) is 14.4. The summed E-state index contributed by atoms with van der Waals surface area (Å²) in [7, 11) is -1.57. The fourth-order valence-electron chi connectivity index (χ4n) is 5.77. The van der Waals surface area contributed by atoms with Gasteiger partial charge in [0.25, 0.3) is 0 Å². The Morgan fingerprint density at radius 3 is 2.17 bits per heavy atom. The fourth-order valence-corrected chi connectivity index (χ4v) is 7.07. The van der Waals surface area contributed by atoms with Gasteiger partial charge >= 0.3 is 6.03 Å². The van der Waals surface area contributed by atoms with Gasteiger partial charge in [0.05, 0.1) is 5.25 Å². The Morgan fingerprint density at radius 1 is 1.00 bits per heavy atom. The normalized spacial score (nSPS) is 23.1. The van der Waals surface area contributed by atoms with Crippen molar-refractivity contribution in [2.45, 2.75) is 62.7 Å². The van der Waals surface area contributed by atoms with Gasteiger partial charge in [-0.05, 0) is 93.8 Å². The number of amides is 2. The van der Waals surface area contributed by atoms with Crippen molar-refractivity contribution in [3.63, 3.8) is 0 Å². The van der Waals surface area contributed by atoms with E-state index in [1.807, 2.05) is 0 Å². The lowest BCUT2D eigenvalue weighted by molar-refractivity contribution is 0.0407. The summed E-state index contributed by atoms with van der Waals surface area (Å²) in [5, 5.41) is 2.45. The SMILES string of the molecule is CN1CC(N2CCC(S(=O)(=O)NC(=O)Nc3c4c(cc5c3CCC5)CCC4)CC2)C1. The number of urea groups is 1. The largest absolute Gasteiger partial charge is 0.332 e. The van der Waals surface area contributed by atoms with Gasteiger partial charge in [-0.25, -0.2) is 17.9 Å². The fraction of sp³-hybridized carbons (Fsp3) is 0.682. The third-order valence-electron chi connectivity index (χ3n) is 7.42. The van der Waals surface area contributed by atoms with Gasteiger partial charge in [-0.2, -0.15) is 0 Å². The molecule has 2 aliphatic carbocycles. The third-order valence-corrected chi connectivity index (χ3v) is 9.24. The van der Waals surface area contributed by atoms with Crippen molar-refractivity contribution in [3.8, 4) is 0 Å². The van der Waals surface area contributed by atoms with Gasteiger partial charge < -0.3 is 10.2 Å². The van der Waals surface area contributed by atoms with Crippen LogP contribution in [0, 0.1) is 0 Å². The summed E-state index contributed by atoms with van der Waals surface area (Å²) in [5.74, 6) is 0. The van der Waals surface area contributed by atoms with E-state index in [0.29, 0.717) is 18.9 Å². The van der Waals surface area contributed by atoms with Gasteiger partial charge in [-0.3, -0.25) is 4.90 Å². The summed E-state index contributed by atoms with van der Waals surface area (Å²) in [6.07, 6.45) is 7.38. The molecule has 164 valence electrons. The number of hydrogen-bond acceptors (Lipinski definition) is 5. The lowest BCUT2D eigenvalue weighted by Gasteiger charge is -2.46. The number of sulfonamides is 1. The van der Waals surface area contributed by atoms with Crippen molar-refractivity contribution in [1.82, 2.24) is 14.5 Å². The molecule has 2 N–H and O–H groups in total. The highest BCUT2D eigenvalue weighted by Gasteiger charge is 2.36. The van der Waals surface area contributed by atoms with Crippen molar-refractivity contribution in [2.75, 3.05) is 38.5 Å². The van der Waals surface area contributed by atoms with Crippen molar-refractivity contribution < 1.29 is 13.2 Å². The van der Waals surface area contributed by atoms with Gasteiger partial charge in [-0.15, -0.1) is 0 Å². The number of likely N-dealkylation sites (N-methyl/N-ethyl adjacent to an activating group) is 1. The van der Waals surface area contributed by atoms with Gasteiger partial charge in [0.1, 0.15) is 0 Å². The maximum atomic E-state index is 12.9. The molecule has 2 heterocycles. The molecule has 1 aromatic carbocycles. The Labute approximate surface area is 179 Å². The number of aryl methyl sites for hydroxylation is 2. The highest BCUT2D eigenvalue weighted by atomic mass is 32.2. The number of carbonyl (C=O) groups excluding carboxylic acids is 1. The molecule has 2 saturated heterocycles. The first-order valence-electron chi connectivity index (χ1n) is 11.3. The summed E-state index contributed by atoms with van der Waals surface area (Å²) in [6, 6.07) is 2.25. The summed E-state index contributed by atoms with van der Waals surface area (Å²) < 4.78 is 28.1. The molecule has 0 saturated carbocycles. The van der Waals surface area contributed by atoms with Crippen molar-refractivity contribution in [3.05, 3.63) is 28.3 Å². The molecule has 0 unspecified atom stereocenters. The van der Waals surface area contributed by atoms with E-state index in [4.69, 9.17) is 0 Å². The van der Waals surface area contributed by atoms with Crippen LogP contribution in [0.1, 0.15) is 47.9 Å². The Morgan fingerprint density at radius 2 is 1.60 bits per heavy atom.